The first-order chi connectivity index (χ1) is 9.20. The molecule has 2 aromatic rings. The predicted octanol–water partition coefficient (Wildman–Crippen LogP) is 1.89. The lowest BCUT2D eigenvalue weighted by Crippen LogP contribution is -2.20. The van der Waals surface area contributed by atoms with Crippen LogP contribution in [-0.2, 0) is 6.54 Å². The van der Waals surface area contributed by atoms with Gasteiger partial charge in [0.1, 0.15) is 6.61 Å². The van der Waals surface area contributed by atoms with E-state index in [4.69, 9.17) is 4.74 Å². The third-order valence-corrected chi connectivity index (χ3v) is 2.89. The second-order valence-corrected chi connectivity index (χ2v) is 4.82. The third kappa shape index (κ3) is 3.66. The molecule has 1 heterocycles. The lowest BCUT2D eigenvalue weighted by molar-refractivity contribution is 0.256. The van der Waals surface area contributed by atoms with E-state index in [0.717, 1.165) is 30.0 Å². The third-order valence-electron chi connectivity index (χ3n) is 2.89. The first kappa shape index (κ1) is 13.8. The zero-order valence-electron chi connectivity index (χ0n) is 11.8. The van der Waals surface area contributed by atoms with Crippen molar-refractivity contribution in [2.75, 3.05) is 34.3 Å². The van der Waals surface area contributed by atoms with Gasteiger partial charge in [-0.05, 0) is 38.7 Å². The molecule has 0 radical (unpaired) electrons. The summed E-state index contributed by atoms with van der Waals surface area (Å²) in [5.41, 5.74) is 1.00. The van der Waals surface area contributed by atoms with Crippen molar-refractivity contribution in [3.05, 3.63) is 36.0 Å². The summed E-state index contributed by atoms with van der Waals surface area (Å²) in [5, 5.41) is 5.36. The monoisotopic (exact) mass is 259 g/mol. The van der Waals surface area contributed by atoms with Crippen molar-refractivity contribution in [2.24, 2.45) is 0 Å². The van der Waals surface area contributed by atoms with Crippen molar-refractivity contribution in [3.8, 4) is 5.88 Å². The van der Waals surface area contributed by atoms with E-state index in [0.29, 0.717) is 6.61 Å². The molecule has 0 spiro atoms. The Bertz CT molecular complexity index is 540. The molecule has 0 unspecified atom stereocenters. The smallest absolute Gasteiger partial charge is 0.221 e. The Labute approximate surface area is 114 Å². The van der Waals surface area contributed by atoms with E-state index in [-0.39, 0.29) is 0 Å². The molecule has 0 aliphatic carbocycles. The molecule has 0 atom stereocenters. The van der Waals surface area contributed by atoms with Crippen LogP contribution in [0.3, 0.4) is 0 Å². The lowest BCUT2D eigenvalue weighted by atomic mass is 10.1. The number of aromatic nitrogens is 1. The fourth-order valence-electron chi connectivity index (χ4n) is 1.93. The normalized spacial score (nSPS) is 11.2. The molecule has 1 N–H and O–H groups in total. The Morgan fingerprint density at radius 2 is 2.05 bits per heavy atom. The maximum atomic E-state index is 5.84. The van der Waals surface area contributed by atoms with E-state index in [1.165, 1.54) is 5.39 Å². The Morgan fingerprint density at radius 3 is 2.79 bits per heavy atom. The summed E-state index contributed by atoms with van der Waals surface area (Å²) in [6.45, 7) is 2.27. The van der Waals surface area contributed by atoms with Gasteiger partial charge in [-0.15, -0.1) is 0 Å². The van der Waals surface area contributed by atoms with Crippen LogP contribution >= 0.6 is 0 Å². The highest BCUT2D eigenvalue weighted by Crippen LogP contribution is 2.24. The summed E-state index contributed by atoms with van der Waals surface area (Å²) in [7, 11) is 5.99. The Morgan fingerprint density at radius 1 is 1.26 bits per heavy atom. The first-order valence-corrected chi connectivity index (χ1v) is 6.51. The number of ether oxygens (including phenoxy) is 1. The van der Waals surface area contributed by atoms with Crippen molar-refractivity contribution in [3.63, 3.8) is 0 Å². The molecule has 0 saturated carbocycles. The van der Waals surface area contributed by atoms with E-state index in [9.17, 15) is 0 Å². The topological polar surface area (TPSA) is 37.4 Å². The average Bonchev–Trinajstić information content (AvgIpc) is 2.38. The van der Waals surface area contributed by atoms with Crippen molar-refractivity contribution in [2.45, 2.75) is 6.54 Å². The highest BCUT2D eigenvalue weighted by atomic mass is 16.5. The van der Waals surface area contributed by atoms with Crippen LogP contribution in [0.2, 0.25) is 0 Å². The van der Waals surface area contributed by atoms with Crippen LogP contribution in [0.4, 0.5) is 0 Å². The summed E-state index contributed by atoms with van der Waals surface area (Å²) in [5.74, 6) is 0.727. The van der Waals surface area contributed by atoms with E-state index in [1.807, 2.05) is 33.3 Å². The number of rotatable bonds is 6. The number of nitrogens with zero attached hydrogens (tertiary/aromatic N) is 2. The van der Waals surface area contributed by atoms with Gasteiger partial charge in [0, 0.05) is 18.5 Å². The second-order valence-electron chi connectivity index (χ2n) is 4.82. The number of hydrogen-bond acceptors (Lipinski definition) is 4. The minimum absolute atomic E-state index is 0.646. The summed E-state index contributed by atoms with van der Waals surface area (Å²) in [6.07, 6.45) is 0. The number of fused-ring (bicyclic) bond motifs is 1. The van der Waals surface area contributed by atoms with Crippen LogP contribution in [0.1, 0.15) is 5.69 Å². The second kappa shape index (κ2) is 6.50. The van der Waals surface area contributed by atoms with Gasteiger partial charge in [-0.1, -0.05) is 18.2 Å². The fraction of sp³-hybridized carbons (Fsp3) is 0.400. The van der Waals surface area contributed by atoms with Gasteiger partial charge in [-0.25, -0.2) is 4.98 Å². The zero-order chi connectivity index (χ0) is 13.7. The van der Waals surface area contributed by atoms with Gasteiger partial charge < -0.3 is 15.0 Å². The van der Waals surface area contributed by atoms with Gasteiger partial charge >= 0.3 is 0 Å². The molecule has 0 bridgehead atoms. The number of benzene rings is 1. The van der Waals surface area contributed by atoms with E-state index in [1.54, 1.807) is 0 Å². The van der Waals surface area contributed by atoms with E-state index >= 15 is 0 Å². The number of nitrogens with one attached hydrogen (secondary N) is 1. The zero-order valence-corrected chi connectivity index (χ0v) is 11.8. The molecular formula is C15H21N3O. The summed E-state index contributed by atoms with van der Waals surface area (Å²) >= 11 is 0. The number of likely N-dealkylation sites (N-methyl/N-ethyl adjacent to an activating group) is 1. The lowest BCUT2D eigenvalue weighted by Gasteiger charge is -2.13. The molecule has 0 fully saturated rings. The Balaban J connectivity index is 2.28. The maximum absolute atomic E-state index is 5.84. The maximum Gasteiger partial charge on any atom is 0.221 e. The summed E-state index contributed by atoms with van der Waals surface area (Å²) in [6, 6.07) is 10.3. The van der Waals surface area contributed by atoms with Crippen molar-refractivity contribution in [1.82, 2.24) is 15.2 Å². The molecule has 2 rings (SSSR count). The Kier molecular flexibility index (Phi) is 4.71. The van der Waals surface area contributed by atoms with Crippen LogP contribution in [0.5, 0.6) is 5.88 Å². The minimum atomic E-state index is 0.646. The predicted molar refractivity (Wildman–Crippen MR) is 78.6 cm³/mol. The van der Waals surface area contributed by atoms with Gasteiger partial charge in [0.25, 0.3) is 0 Å². The molecule has 19 heavy (non-hydrogen) atoms. The average molecular weight is 259 g/mol. The number of pyridine rings is 1. The van der Waals surface area contributed by atoms with Crippen LogP contribution in [0.25, 0.3) is 10.8 Å². The molecule has 0 saturated heterocycles. The van der Waals surface area contributed by atoms with Crippen LogP contribution < -0.4 is 10.1 Å². The molecule has 1 aromatic heterocycles. The highest BCUT2D eigenvalue weighted by molar-refractivity contribution is 5.87. The summed E-state index contributed by atoms with van der Waals surface area (Å²) in [4.78, 5) is 6.68. The summed E-state index contributed by atoms with van der Waals surface area (Å²) < 4.78 is 5.84. The van der Waals surface area contributed by atoms with Crippen LogP contribution in [0, 0.1) is 0 Å². The van der Waals surface area contributed by atoms with Crippen LogP contribution in [-0.4, -0.2) is 44.2 Å². The van der Waals surface area contributed by atoms with Gasteiger partial charge in [-0.2, -0.15) is 0 Å². The molecule has 0 aliphatic heterocycles. The molecule has 102 valence electrons. The van der Waals surface area contributed by atoms with E-state index in [2.05, 4.69) is 33.4 Å². The molecule has 4 heteroatoms. The fourth-order valence-corrected chi connectivity index (χ4v) is 1.93. The van der Waals surface area contributed by atoms with Gasteiger partial charge in [-0.3, -0.25) is 0 Å². The van der Waals surface area contributed by atoms with Crippen LogP contribution in [0.15, 0.2) is 30.3 Å². The van der Waals surface area contributed by atoms with Crippen molar-refractivity contribution >= 4 is 10.8 Å². The standard InChI is InChI=1S/C15H21N3O/c1-16-11-13-10-12-6-4-5-7-14(12)15(17-13)19-9-8-18(2)3/h4-7,10,16H,8-9,11H2,1-3H3. The molecule has 0 amide bonds. The molecule has 1 aromatic carbocycles. The number of hydrogen-bond donors (Lipinski definition) is 1. The van der Waals surface area contributed by atoms with E-state index < -0.39 is 0 Å². The minimum Gasteiger partial charge on any atom is -0.476 e. The van der Waals surface area contributed by atoms with Gasteiger partial charge in [0.2, 0.25) is 5.88 Å². The quantitative estimate of drug-likeness (QED) is 0.859. The molecule has 4 nitrogen and oxygen atoms in total. The highest BCUT2D eigenvalue weighted by Gasteiger charge is 2.06. The largest absolute Gasteiger partial charge is 0.476 e. The van der Waals surface area contributed by atoms with Gasteiger partial charge in [0.15, 0.2) is 0 Å². The first-order valence-electron chi connectivity index (χ1n) is 6.51. The van der Waals surface area contributed by atoms with Crippen molar-refractivity contribution in [1.29, 1.82) is 0 Å². The molecular weight excluding hydrogens is 238 g/mol. The molecule has 0 aliphatic rings. The van der Waals surface area contributed by atoms with Crippen molar-refractivity contribution < 1.29 is 4.74 Å². The van der Waals surface area contributed by atoms with Gasteiger partial charge in [0.05, 0.1) is 5.69 Å². The SMILES string of the molecule is CNCc1cc2ccccc2c(OCCN(C)C)n1. The Hall–Kier alpha value is -1.65.